The lowest BCUT2D eigenvalue weighted by molar-refractivity contribution is 0.669. The van der Waals surface area contributed by atoms with Crippen LogP contribution in [0.3, 0.4) is 0 Å². The molecule has 0 saturated heterocycles. The summed E-state index contributed by atoms with van der Waals surface area (Å²) in [5.41, 5.74) is 6.69. The van der Waals surface area contributed by atoms with Gasteiger partial charge < -0.3 is 4.42 Å². The maximum absolute atomic E-state index is 6.68. The summed E-state index contributed by atoms with van der Waals surface area (Å²) in [7, 11) is 0. The second-order valence-corrected chi connectivity index (χ2v) is 15.4. The molecular formula is C51H29N3OS. The predicted molar refractivity (Wildman–Crippen MR) is 234 cm³/mol. The Balaban J connectivity index is 1.04. The molecule has 9 aromatic carbocycles. The van der Waals surface area contributed by atoms with E-state index < -0.39 is 0 Å². The molecule has 56 heavy (non-hydrogen) atoms. The van der Waals surface area contributed by atoms with E-state index >= 15 is 0 Å². The molecule has 0 spiro atoms. The van der Waals surface area contributed by atoms with E-state index in [1.165, 1.54) is 52.7 Å². The molecule has 0 radical (unpaired) electrons. The van der Waals surface area contributed by atoms with Crippen LogP contribution in [0.1, 0.15) is 0 Å². The minimum Gasteiger partial charge on any atom is -0.456 e. The van der Waals surface area contributed by atoms with E-state index in [0.717, 1.165) is 49.6 Å². The first-order valence-corrected chi connectivity index (χ1v) is 19.6. The average Bonchev–Trinajstić information content (AvgIpc) is 3.84. The standard InChI is InChI=1S/C51H29N3OS/c1-2-12-31(13-3-1)49-52-50(34-24-25-36-32(27-34)22-21-30-11-4-5-14-35(30)36)54-51(53-49)41-18-10-19-44-47(41)40-26-23-33(28-45(40)55-44)42-29-43-38-16-8-9-20-46(38)56-48(43)39-17-7-6-15-37(39)42/h1-29H. The number of hydrogen-bond acceptors (Lipinski definition) is 5. The third kappa shape index (κ3) is 4.81. The number of fused-ring (bicyclic) bond motifs is 11. The number of aromatic nitrogens is 3. The highest BCUT2D eigenvalue weighted by molar-refractivity contribution is 7.26. The summed E-state index contributed by atoms with van der Waals surface area (Å²) in [6.45, 7) is 0. The first-order chi connectivity index (χ1) is 27.7. The third-order valence-electron chi connectivity index (χ3n) is 11.1. The first-order valence-electron chi connectivity index (χ1n) is 18.8. The van der Waals surface area contributed by atoms with E-state index in [9.17, 15) is 0 Å². The molecule has 260 valence electrons. The van der Waals surface area contributed by atoms with Crippen LogP contribution in [0.15, 0.2) is 180 Å². The molecule has 0 N–H and O–H groups in total. The van der Waals surface area contributed by atoms with Gasteiger partial charge in [-0.15, -0.1) is 11.3 Å². The van der Waals surface area contributed by atoms with Gasteiger partial charge in [-0.3, -0.25) is 0 Å². The Morgan fingerprint density at radius 3 is 1.93 bits per heavy atom. The normalized spacial score (nSPS) is 11.9. The average molecular weight is 732 g/mol. The highest BCUT2D eigenvalue weighted by atomic mass is 32.1. The molecule has 0 aliphatic carbocycles. The van der Waals surface area contributed by atoms with Crippen LogP contribution in [-0.2, 0) is 0 Å². The lowest BCUT2D eigenvalue weighted by Gasteiger charge is -2.11. The molecule has 3 aromatic heterocycles. The van der Waals surface area contributed by atoms with Crippen LogP contribution in [0.2, 0.25) is 0 Å². The Labute approximate surface area is 325 Å². The number of thiophene rings is 1. The summed E-state index contributed by atoms with van der Waals surface area (Å²) >= 11 is 1.86. The van der Waals surface area contributed by atoms with Crippen LogP contribution in [0, 0.1) is 0 Å². The van der Waals surface area contributed by atoms with Crippen molar-refractivity contribution in [3.8, 4) is 45.3 Å². The van der Waals surface area contributed by atoms with Crippen molar-refractivity contribution in [2.75, 3.05) is 0 Å². The highest BCUT2D eigenvalue weighted by Crippen LogP contribution is 2.44. The fourth-order valence-corrected chi connectivity index (χ4v) is 9.68. The largest absolute Gasteiger partial charge is 0.456 e. The maximum atomic E-state index is 6.68. The Hall–Kier alpha value is -7.21. The zero-order valence-corrected chi connectivity index (χ0v) is 30.7. The van der Waals surface area contributed by atoms with E-state index in [0.29, 0.717) is 17.5 Å². The van der Waals surface area contributed by atoms with Crippen molar-refractivity contribution in [2.45, 2.75) is 0 Å². The predicted octanol–water partition coefficient (Wildman–Crippen LogP) is 14.3. The van der Waals surface area contributed by atoms with Gasteiger partial charge in [0.2, 0.25) is 0 Å². The van der Waals surface area contributed by atoms with Crippen LogP contribution >= 0.6 is 11.3 Å². The summed E-state index contributed by atoms with van der Waals surface area (Å²) in [6.07, 6.45) is 0. The molecule has 12 rings (SSSR count). The van der Waals surface area contributed by atoms with Crippen molar-refractivity contribution < 1.29 is 4.42 Å². The number of furan rings is 1. The molecule has 0 aliphatic rings. The van der Waals surface area contributed by atoms with Gasteiger partial charge in [-0.2, -0.15) is 0 Å². The molecule has 0 bridgehead atoms. The van der Waals surface area contributed by atoms with Gasteiger partial charge in [0.1, 0.15) is 11.2 Å². The van der Waals surface area contributed by atoms with Crippen molar-refractivity contribution in [3.05, 3.63) is 176 Å². The summed E-state index contributed by atoms with van der Waals surface area (Å²) in [4.78, 5) is 15.4. The Kier molecular flexibility index (Phi) is 6.76. The molecule has 0 amide bonds. The number of hydrogen-bond donors (Lipinski definition) is 0. The van der Waals surface area contributed by atoms with Gasteiger partial charge in [0, 0.05) is 53.0 Å². The zero-order valence-electron chi connectivity index (χ0n) is 29.9. The monoisotopic (exact) mass is 731 g/mol. The summed E-state index contributed by atoms with van der Waals surface area (Å²) in [6, 6.07) is 62.0. The van der Waals surface area contributed by atoms with E-state index in [-0.39, 0.29) is 0 Å². The second kappa shape index (κ2) is 12.2. The molecule has 4 nitrogen and oxygen atoms in total. The number of benzene rings is 9. The van der Waals surface area contributed by atoms with Crippen LogP contribution in [0.25, 0.3) is 120 Å². The maximum Gasteiger partial charge on any atom is 0.164 e. The van der Waals surface area contributed by atoms with Gasteiger partial charge in [-0.05, 0) is 74.5 Å². The summed E-state index contributed by atoms with van der Waals surface area (Å²) in [5, 5.41) is 11.9. The smallest absolute Gasteiger partial charge is 0.164 e. The fraction of sp³-hybridized carbons (Fsp3) is 0. The van der Waals surface area contributed by atoms with Crippen LogP contribution in [-0.4, -0.2) is 15.0 Å². The molecule has 3 heterocycles. The van der Waals surface area contributed by atoms with Crippen molar-refractivity contribution in [1.29, 1.82) is 0 Å². The Bertz CT molecular complexity index is 3550. The molecule has 0 aliphatic heterocycles. The Morgan fingerprint density at radius 2 is 1.04 bits per heavy atom. The van der Waals surface area contributed by atoms with E-state index in [1.54, 1.807) is 0 Å². The minimum absolute atomic E-state index is 0.602. The van der Waals surface area contributed by atoms with Crippen LogP contribution in [0.4, 0.5) is 0 Å². The fourth-order valence-electron chi connectivity index (χ4n) is 8.46. The van der Waals surface area contributed by atoms with Gasteiger partial charge in [-0.1, -0.05) is 140 Å². The Morgan fingerprint density at radius 1 is 0.357 bits per heavy atom. The molecule has 5 heteroatoms. The molecule has 0 atom stereocenters. The van der Waals surface area contributed by atoms with E-state index in [2.05, 4.69) is 133 Å². The highest BCUT2D eigenvalue weighted by Gasteiger charge is 2.20. The number of rotatable bonds is 4. The van der Waals surface area contributed by atoms with Gasteiger partial charge in [0.05, 0.1) is 0 Å². The first kappa shape index (κ1) is 31.2. The van der Waals surface area contributed by atoms with Gasteiger partial charge in [-0.25, -0.2) is 15.0 Å². The molecule has 0 unspecified atom stereocenters. The lowest BCUT2D eigenvalue weighted by atomic mass is 9.94. The topological polar surface area (TPSA) is 51.8 Å². The summed E-state index contributed by atoms with van der Waals surface area (Å²) < 4.78 is 9.30. The van der Waals surface area contributed by atoms with Gasteiger partial charge >= 0.3 is 0 Å². The number of nitrogens with zero attached hydrogens (tertiary/aromatic N) is 3. The summed E-state index contributed by atoms with van der Waals surface area (Å²) in [5.74, 6) is 1.85. The SMILES string of the molecule is c1ccc(-c2nc(-c3ccc4c(ccc5ccccc54)c3)nc(-c3cccc4oc5cc(-c6cc7c8ccccc8sc7c7ccccc67)ccc5c34)n2)cc1. The van der Waals surface area contributed by atoms with Crippen molar-refractivity contribution in [2.24, 2.45) is 0 Å². The van der Waals surface area contributed by atoms with Crippen LogP contribution in [0.5, 0.6) is 0 Å². The molecule has 12 aromatic rings. The van der Waals surface area contributed by atoms with Crippen molar-refractivity contribution in [3.63, 3.8) is 0 Å². The molecule has 0 fully saturated rings. The van der Waals surface area contributed by atoms with Crippen LogP contribution < -0.4 is 0 Å². The van der Waals surface area contributed by atoms with Gasteiger partial charge in [0.15, 0.2) is 17.5 Å². The minimum atomic E-state index is 0.602. The van der Waals surface area contributed by atoms with Crippen molar-refractivity contribution in [1.82, 2.24) is 15.0 Å². The third-order valence-corrected chi connectivity index (χ3v) is 12.3. The lowest BCUT2D eigenvalue weighted by Crippen LogP contribution is -2.00. The van der Waals surface area contributed by atoms with Gasteiger partial charge in [0.25, 0.3) is 0 Å². The van der Waals surface area contributed by atoms with E-state index in [4.69, 9.17) is 19.4 Å². The second-order valence-electron chi connectivity index (χ2n) is 14.3. The quantitative estimate of drug-likeness (QED) is 0.169. The molecule has 0 saturated carbocycles. The zero-order chi connectivity index (χ0) is 36.7. The van der Waals surface area contributed by atoms with E-state index in [1.807, 2.05) is 53.8 Å². The molecular weight excluding hydrogens is 703 g/mol. The van der Waals surface area contributed by atoms with Crippen molar-refractivity contribution >= 4 is 85.8 Å².